The number of hydrogen-bond donors (Lipinski definition) is 2. The van der Waals surface area contributed by atoms with Gasteiger partial charge in [-0.2, -0.15) is 0 Å². The number of fused-ring (bicyclic) bond motifs is 2. The minimum atomic E-state index is -0.357. The molecule has 2 saturated carbocycles. The maximum atomic E-state index is 11.0. The molecule has 3 rings (SSSR count). The summed E-state index contributed by atoms with van der Waals surface area (Å²) in [6.45, 7) is 9.09. The molecule has 3 heteroatoms. The molecule has 0 aromatic carbocycles. The lowest BCUT2D eigenvalue weighted by molar-refractivity contribution is -0.113. The average Bonchev–Trinajstić information content (AvgIpc) is 2.59. The maximum Gasteiger partial charge on any atom is 0.0727 e. The monoisotopic (exact) mass is 252 g/mol. The predicted molar refractivity (Wildman–Crippen MR) is 73.5 cm³/mol. The normalized spacial score (nSPS) is 45.7. The van der Waals surface area contributed by atoms with Crippen LogP contribution in [0.5, 0.6) is 0 Å². The second kappa shape index (κ2) is 4.77. The van der Waals surface area contributed by atoms with E-state index in [0.29, 0.717) is 17.8 Å². The summed E-state index contributed by atoms with van der Waals surface area (Å²) in [4.78, 5) is 2.67. The number of piperazine rings is 1. The lowest BCUT2D eigenvalue weighted by Crippen LogP contribution is -2.56. The Morgan fingerprint density at radius 3 is 2.17 bits per heavy atom. The number of rotatable bonds is 2. The Morgan fingerprint density at radius 1 is 1.11 bits per heavy atom. The summed E-state index contributed by atoms with van der Waals surface area (Å²) >= 11 is 0. The van der Waals surface area contributed by atoms with E-state index in [1.54, 1.807) is 0 Å². The molecule has 1 heterocycles. The Morgan fingerprint density at radius 2 is 1.67 bits per heavy atom. The molecule has 2 bridgehead atoms. The largest absolute Gasteiger partial charge is 0.389 e. The number of aliphatic hydroxyl groups is 1. The second-order valence-corrected chi connectivity index (χ2v) is 6.92. The topological polar surface area (TPSA) is 35.5 Å². The zero-order valence-corrected chi connectivity index (χ0v) is 11.9. The van der Waals surface area contributed by atoms with Crippen LogP contribution in [0.1, 0.15) is 39.5 Å². The van der Waals surface area contributed by atoms with E-state index in [-0.39, 0.29) is 5.60 Å². The molecule has 2 N–H and O–H groups in total. The highest BCUT2D eigenvalue weighted by Crippen LogP contribution is 2.53. The fourth-order valence-electron chi connectivity index (χ4n) is 4.85. The van der Waals surface area contributed by atoms with Crippen LogP contribution in [-0.2, 0) is 0 Å². The highest BCUT2D eigenvalue weighted by Gasteiger charge is 2.55. The van der Waals surface area contributed by atoms with Crippen LogP contribution in [0.3, 0.4) is 0 Å². The van der Waals surface area contributed by atoms with E-state index < -0.39 is 0 Å². The van der Waals surface area contributed by atoms with Crippen LogP contribution in [0.25, 0.3) is 0 Å². The minimum Gasteiger partial charge on any atom is -0.389 e. The Balaban J connectivity index is 1.71. The molecule has 1 aliphatic heterocycles. The molecule has 0 radical (unpaired) electrons. The molecule has 2 atom stereocenters. The molecule has 0 spiro atoms. The highest BCUT2D eigenvalue weighted by molar-refractivity contribution is 5.07. The third kappa shape index (κ3) is 1.91. The van der Waals surface area contributed by atoms with Gasteiger partial charge in [0.1, 0.15) is 0 Å². The van der Waals surface area contributed by atoms with Crippen molar-refractivity contribution in [3.05, 3.63) is 0 Å². The molecule has 0 aromatic heterocycles. The number of nitrogens with zero attached hydrogens (tertiary/aromatic N) is 1. The summed E-state index contributed by atoms with van der Waals surface area (Å²) in [5.74, 6) is 1.52. The van der Waals surface area contributed by atoms with Crippen LogP contribution in [0.15, 0.2) is 0 Å². The first-order valence-electron chi connectivity index (χ1n) is 7.79. The van der Waals surface area contributed by atoms with E-state index in [4.69, 9.17) is 0 Å². The summed E-state index contributed by atoms with van der Waals surface area (Å²) in [5, 5.41) is 14.5. The van der Waals surface area contributed by atoms with Gasteiger partial charge in [-0.3, -0.25) is 4.90 Å². The van der Waals surface area contributed by atoms with Gasteiger partial charge in [0.2, 0.25) is 0 Å². The van der Waals surface area contributed by atoms with Crippen LogP contribution < -0.4 is 5.32 Å². The van der Waals surface area contributed by atoms with Crippen molar-refractivity contribution in [1.82, 2.24) is 10.2 Å². The van der Waals surface area contributed by atoms with Gasteiger partial charge in [-0.25, -0.2) is 0 Å². The van der Waals surface area contributed by atoms with Crippen molar-refractivity contribution in [2.45, 2.75) is 51.2 Å². The van der Waals surface area contributed by atoms with Crippen LogP contribution in [-0.4, -0.2) is 47.8 Å². The molecule has 0 aromatic rings. The van der Waals surface area contributed by atoms with Gasteiger partial charge in [-0.15, -0.1) is 0 Å². The quantitative estimate of drug-likeness (QED) is 0.781. The SMILES string of the molecule is CC(C)C1(O)C2CCC1CC(N1CCNCC1)C2. The van der Waals surface area contributed by atoms with Gasteiger partial charge in [-0.1, -0.05) is 13.8 Å². The van der Waals surface area contributed by atoms with E-state index in [1.807, 2.05) is 0 Å². The molecule has 18 heavy (non-hydrogen) atoms. The molecular weight excluding hydrogens is 224 g/mol. The summed E-state index contributed by atoms with van der Waals surface area (Å²) in [7, 11) is 0. The van der Waals surface area contributed by atoms with Gasteiger partial charge >= 0.3 is 0 Å². The first-order chi connectivity index (χ1) is 8.62. The molecule has 2 unspecified atom stereocenters. The van der Waals surface area contributed by atoms with Crippen molar-refractivity contribution in [3.8, 4) is 0 Å². The summed E-state index contributed by atoms with van der Waals surface area (Å²) in [5.41, 5.74) is -0.357. The Kier molecular flexibility index (Phi) is 3.41. The minimum absolute atomic E-state index is 0.357. The van der Waals surface area contributed by atoms with Crippen molar-refractivity contribution >= 4 is 0 Å². The molecule has 0 amide bonds. The van der Waals surface area contributed by atoms with Crippen LogP contribution in [0, 0.1) is 17.8 Å². The predicted octanol–water partition coefficient (Wildman–Crippen LogP) is 1.47. The maximum absolute atomic E-state index is 11.0. The third-order valence-corrected chi connectivity index (χ3v) is 5.88. The van der Waals surface area contributed by atoms with Crippen LogP contribution in [0.4, 0.5) is 0 Å². The standard InChI is InChI=1S/C15H28N2O/c1-11(2)15(18)12-3-4-13(15)10-14(9-12)17-7-5-16-6-8-17/h11-14,16,18H,3-10H2,1-2H3. The average molecular weight is 252 g/mol. The fourth-order valence-corrected chi connectivity index (χ4v) is 4.85. The molecule has 3 aliphatic rings. The van der Waals surface area contributed by atoms with Gasteiger partial charge in [-0.05, 0) is 43.4 Å². The van der Waals surface area contributed by atoms with Crippen LogP contribution in [0.2, 0.25) is 0 Å². The Bertz CT molecular complexity index is 285. The zero-order valence-electron chi connectivity index (χ0n) is 11.9. The van der Waals surface area contributed by atoms with E-state index in [1.165, 1.54) is 38.8 Å². The Hall–Kier alpha value is -0.120. The molecule has 2 aliphatic carbocycles. The van der Waals surface area contributed by atoms with Crippen molar-refractivity contribution in [2.75, 3.05) is 26.2 Å². The molecule has 3 nitrogen and oxygen atoms in total. The first-order valence-corrected chi connectivity index (χ1v) is 7.79. The van der Waals surface area contributed by atoms with Crippen molar-refractivity contribution < 1.29 is 5.11 Å². The summed E-state index contributed by atoms with van der Waals surface area (Å²) < 4.78 is 0. The van der Waals surface area contributed by atoms with Crippen molar-refractivity contribution in [3.63, 3.8) is 0 Å². The summed E-state index contributed by atoms with van der Waals surface area (Å²) in [6.07, 6.45) is 4.96. The third-order valence-electron chi connectivity index (χ3n) is 5.88. The molecule has 1 saturated heterocycles. The zero-order chi connectivity index (χ0) is 12.8. The highest BCUT2D eigenvalue weighted by atomic mass is 16.3. The van der Waals surface area contributed by atoms with Gasteiger partial charge in [0.05, 0.1) is 5.60 Å². The van der Waals surface area contributed by atoms with E-state index in [0.717, 1.165) is 19.1 Å². The molecule has 104 valence electrons. The van der Waals surface area contributed by atoms with E-state index >= 15 is 0 Å². The van der Waals surface area contributed by atoms with E-state index in [2.05, 4.69) is 24.1 Å². The Labute approximate surface area is 111 Å². The second-order valence-electron chi connectivity index (χ2n) is 6.92. The van der Waals surface area contributed by atoms with Gasteiger partial charge in [0, 0.05) is 32.2 Å². The number of nitrogens with one attached hydrogen (secondary N) is 1. The lowest BCUT2D eigenvalue weighted by atomic mass is 9.67. The first kappa shape index (κ1) is 12.9. The van der Waals surface area contributed by atoms with Crippen molar-refractivity contribution in [2.24, 2.45) is 17.8 Å². The molecule has 3 fully saturated rings. The fraction of sp³-hybridized carbons (Fsp3) is 1.00. The molecular formula is C15H28N2O. The summed E-state index contributed by atoms with van der Waals surface area (Å²) in [6, 6.07) is 0.739. The van der Waals surface area contributed by atoms with E-state index in [9.17, 15) is 5.11 Å². The van der Waals surface area contributed by atoms with Gasteiger partial charge in [0.15, 0.2) is 0 Å². The van der Waals surface area contributed by atoms with Gasteiger partial charge in [0.25, 0.3) is 0 Å². The van der Waals surface area contributed by atoms with Gasteiger partial charge < -0.3 is 10.4 Å². The number of hydrogen-bond acceptors (Lipinski definition) is 3. The lowest BCUT2D eigenvalue weighted by Gasteiger charge is -2.49. The smallest absolute Gasteiger partial charge is 0.0727 e. The van der Waals surface area contributed by atoms with Crippen molar-refractivity contribution in [1.29, 1.82) is 0 Å². The van der Waals surface area contributed by atoms with Crippen LogP contribution >= 0.6 is 0 Å².